The van der Waals surface area contributed by atoms with Gasteiger partial charge in [-0.2, -0.15) is 10.1 Å². The molecular weight excluding hydrogens is 438 g/mol. The monoisotopic (exact) mass is 457 g/mol. The zero-order valence-corrected chi connectivity index (χ0v) is 18.0. The minimum absolute atomic E-state index is 0.0786. The van der Waals surface area contributed by atoms with Crippen LogP contribution in [-0.2, 0) is 11.2 Å². The van der Waals surface area contributed by atoms with E-state index in [9.17, 15) is 4.79 Å². The summed E-state index contributed by atoms with van der Waals surface area (Å²) in [5, 5.41) is 6.99. The molecule has 4 nitrogen and oxygen atoms in total. The summed E-state index contributed by atoms with van der Waals surface area (Å²) in [7, 11) is 0. The van der Waals surface area contributed by atoms with Gasteiger partial charge in [-0.05, 0) is 80.6 Å². The summed E-state index contributed by atoms with van der Waals surface area (Å²) >= 11 is 9.64. The first kappa shape index (κ1) is 18.2. The van der Waals surface area contributed by atoms with Crippen LogP contribution < -0.4 is 9.91 Å². The van der Waals surface area contributed by atoms with Crippen molar-refractivity contribution in [3.05, 3.63) is 57.5 Å². The molecule has 0 aromatic heterocycles. The van der Waals surface area contributed by atoms with Gasteiger partial charge in [-0.25, -0.2) is 0 Å². The van der Waals surface area contributed by atoms with E-state index < -0.39 is 5.41 Å². The highest BCUT2D eigenvalue weighted by Gasteiger charge is 2.59. The number of amides is 1. The van der Waals surface area contributed by atoms with E-state index in [1.165, 1.54) is 11.3 Å². The minimum atomic E-state index is -0.603. The molecule has 2 aromatic carbocycles. The van der Waals surface area contributed by atoms with Crippen molar-refractivity contribution in [3.8, 4) is 0 Å². The number of nitrogens with zero attached hydrogens (tertiary/aromatic N) is 3. The molecule has 0 saturated carbocycles. The summed E-state index contributed by atoms with van der Waals surface area (Å²) in [4.78, 5) is 16.3. The van der Waals surface area contributed by atoms with E-state index in [0.717, 1.165) is 41.7 Å². The number of carbonyl (C=O) groups excluding carboxylic acids is 1. The molecule has 0 radical (unpaired) electrons. The van der Waals surface area contributed by atoms with Crippen LogP contribution in [0.3, 0.4) is 0 Å². The van der Waals surface area contributed by atoms with Gasteiger partial charge in [-0.3, -0.25) is 4.79 Å². The van der Waals surface area contributed by atoms with Crippen LogP contribution in [0.25, 0.3) is 0 Å². The molecule has 144 valence electrons. The number of halogens is 2. The van der Waals surface area contributed by atoms with Gasteiger partial charge >= 0.3 is 0 Å². The molecule has 1 spiro atoms. The Balaban J connectivity index is 1.63. The Morgan fingerprint density at radius 3 is 2.75 bits per heavy atom. The second kappa shape index (κ2) is 6.60. The lowest BCUT2D eigenvalue weighted by atomic mass is 9.66. The molecule has 5 rings (SSSR count). The summed E-state index contributed by atoms with van der Waals surface area (Å²) in [5.41, 5.74) is 3.56. The van der Waals surface area contributed by atoms with Gasteiger partial charge in [-0.1, -0.05) is 27.5 Å². The van der Waals surface area contributed by atoms with Crippen LogP contribution in [0.15, 0.2) is 52.0 Å². The Hall–Kier alpha value is -1.85. The Kier molecular flexibility index (Phi) is 4.29. The first-order chi connectivity index (χ1) is 13.5. The average molecular weight is 459 g/mol. The number of rotatable bonds is 1. The molecule has 3 heterocycles. The van der Waals surface area contributed by atoms with Gasteiger partial charge in [0.25, 0.3) is 5.91 Å². The van der Waals surface area contributed by atoms with Gasteiger partial charge in [0.15, 0.2) is 0 Å². The maximum Gasteiger partial charge on any atom is 0.261 e. The molecule has 6 heteroatoms. The first-order valence-electron chi connectivity index (χ1n) is 9.71. The number of piperidine rings is 1. The lowest BCUT2D eigenvalue weighted by Gasteiger charge is -2.51. The number of hydrazone groups is 1. The van der Waals surface area contributed by atoms with Crippen molar-refractivity contribution in [3.63, 3.8) is 0 Å². The third-order valence-corrected chi connectivity index (χ3v) is 7.18. The molecule has 2 unspecified atom stereocenters. The Labute approximate surface area is 178 Å². The van der Waals surface area contributed by atoms with E-state index in [2.05, 4.69) is 39.0 Å². The zero-order valence-electron chi connectivity index (χ0n) is 15.7. The number of hydrogen-bond donors (Lipinski definition) is 0. The fraction of sp³-hybridized carbons (Fsp3) is 0.364. The molecule has 2 atom stereocenters. The molecule has 0 bridgehead atoms. The molecule has 28 heavy (non-hydrogen) atoms. The summed E-state index contributed by atoms with van der Waals surface area (Å²) in [6.07, 6.45) is 4.02. The predicted molar refractivity (Wildman–Crippen MR) is 117 cm³/mol. The maximum absolute atomic E-state index is 13.9. The summed E-state index contributed by atoms with van der Waals surface area (Å²) in [6.45, 7) is 3.01. The van der Waals surface area contributed by atoms with Crippen molar-refractivity contribution in [1.29, 1.82) is 0 Å². The molecular formula is C22H21BrClN3O. The van der Waals surface area contributed by atoms with E-state index in [-0.39, 0.29) is 11.9 Å². The van der Waals surface area contributed by atoms with Gasteiger partial charge in [0.05, 0.1) is 11.4 Å². The van der Waals surface area contributed by atoms with Crippen molar-refractivity contribution in [2.24, 2.45) is 10.5 Å². The predicted octanol–water partition coefficient (Wildman–Crippen LogP) is 5.43. The zero-order chi connectivity index (χ0) is 19.5. The number of benzene rings is 2. The molecule has 3 aliphatic rings. The maximum atomic E-state index is 13.9. The molecule has 1 saturated heterocycles. The van der Waals surface area contributed by atoms with Crippen molar-refractivity contribution in [2.75, 3.05) is 16.5 Å². The Bertz CT molecular complexity index is 990. The van der Waals surface area contributed by atoms with E-state index in [4.69, 9.17) is 16.7 Å². The van der Waals surface area contributed by atoms with Crippen LogP contribution in [-0.4, -0.2) is 24.2 Å². The molecule has 0 aliphatic carbocycles. The number of fused-ring (bicyclic) bond motifs is 4. The van der Waals surface area contributed by atoms with E-state index in [0.29, 0.717) is 11.4 Å². The minimum Gasteiger partial charge on any atom is -0.367 e. The normalized spacial score (nSPS) is 26.3. The molecule has 3 aliphatic heterocycles. The van der Waals surface area contributed by atoms with Crippen LogP contribution in [0.2, 0.25) is 5.02 Å². The highest BCUT2D eigenvalue weighted by atomic mass is 79.9. The topological polar surface area (TPSA) is 35.9 Å². The van der Waals surface area contributed by atoms with Gasteiger partial charge < -0.3 is 4.90 Å². The fourth-order valence-electron chi connectivity index (χ4n) is 5.10. The van der Waals surface area contributed by atoms with E-state index in [1.54, 1.807) is 17.1 Å². The summed E-state index contributed by atoms with van der Waals surface area (Å²) < 4.78 is 1.05. The smallest absolute Gasteiger partial charge is 0.261 e. The molecule has 0 N–H and O–H groups in total. The standard InChI is InChI=1S/C22H21BrClN3O/c1-14-22(21(28)27(25-14)18-8-6-17(24)7-9-18)13-15-12-16(23)5-10-19(15)26-11-3-2-4-20(22)26/h5-10,12,20H,2-4,11,13H2,1H3. The van der Waals surface area contributed by atoms with Gasteiger partial charge in [0.2, 0.25) is 0 Å². The van der Waals surface area contributed by atoms with Crippen LogP contribution in [0.1, 0.15) is 31.7 Å². The molecule has 1 amide bonds. The Morgan fingerprint density at radius 1 is 1.18 bits per heavy atom. The Morgan fingerprint density at radius 2 is 1.96 bits per heavy atom. The quantitative estimate of drug-likeness (QED) is 0.571. The second-order valence-electron chi connectivity index (χ2n) is 7.90. The third kappa shape index (κ3) is 2.56. The second-order valence-corrected chi connectivity index (χ2v) is 9.26. The van der Waals surface area contributed by atoms with Crippen LogP contribution in [0, 0.1) is 5.41 Å². The van der Waals surface area contributed by atoms with Crippen LogP contribution >= 0.6 is 27.5 Å². The van der Waals surface area contributed by atoms with E-state index >= 15 is 0 Å². The lowest BCUT2D eigenvalue weighted by molar-refractivity contribution is -0.125. The first-order valence-corrected chi connectivity index (χ1v) is 10.9. The number of hydrogen-bond acceptors (Lipinski definition) is 3. The molecule has 2 aromatic rings. The summed E-state index contributed by atoms with van der Waals surface area (Å²) in [5.74, 6) is 0.0786. The SMILES string of the molecule is CC1=NN(c2ccc(Cl)cc2)C(=O)C12Cc1cc(Br)ccc1N1CCCCC12. The lowest BCUT2D eigenvalue weighted by Crippen LogP contribution is -2.61. The van der Waals surface area contributed by atoms with Crippen LogP contribution in [0.5, 0.6) is 0 Å². The van der Waals surface area contributed by atoms with Crippen LogP contribution in [0.4, 0.5) is 11.4 Å². The van der Waals surface area contributed by atoms with Gasteiger partial charge in [0, 0.05) is 27.8 Å². The fourth-order valence-corrected chi connectivity index (χ4v) is 5.63. The number of carbonyl (C=O) groups is 1. The number of anilines is 2. The highest BCUT2D eigenvalue weighted by molar-refractivity contribution is 9.10. The highest BCUT2D eigenvalue weighted by Crippen LogP contribution is 2.50. The van der Waals surface area contributed by atoms with Gasteiger partial charge in [-0.15, -0.1) is 0 Å². The molecule has 1 fully saturated rings. The average Bonchev–Trinajstić information content (AvgIpc) is 2.94. The van der Waals surface area contributed by atoms with Crippen molar-refractivity contribution < 1.29 is 4.79 Å². The van der Waals surface area contributed by atoms with Crippen molar-refractivity contribution >= 4 is 50.5 Å². The van der Waals surface area contributed by atoms with E-state index in [1.807, 2.05) is 19.1 Å². The van der Waals surface area contributed by atoms with Crippen molar-refractivity contribution in [2.45, 2.75) is 38.6 Å². The largest absolute Gasteiger partial charge is 0.367 e. The summed E-state index contributed by atoms with van der Waals surface area (Å²) in [6, 6.07) is 13.9. The van der Waals surface area contributed by atoms with Crippen molar-refractivity contribution in [1.82, 2.24) is 0 Å². The van der Waals surface area contributed by atoms with Gasteiger partial charge in [0.1, 0.15) is 5.41 Å². The third-order valence-electron chi connectivity index (χ3n) is 6.43.